The van der Waals surface area contributed by atoms with E-state index in [0.29, 0.717) is 17.3 Å². The quantitative estimate of drug-likeness (QED) is 0.811. The summed E-state index contributed by atoms with van der Waals surface area (Å²) >= 11 is 1.24. The Morgan fingerprint density at radius 3 is 2.56 bits per heavy atom. The molecular formula is C11H21N3O2S2. The molecule has 0 aromatic carbocycles. The molecule has 104 valence electrons. The fourth-order valence-electron chi connectivity index (χ4n) is 1.73. The first-order valence-corrected chi connectivity index (χ1v) is 8.02. The molecule has 0 fully saturated rings. The topological polar surface area (TPSA) is 75.4 Å². The van der Waals surface area contributed by atoms with Gasteiger partial charge in [0.25, 0.3) is 0 Å². The van der Waals surface area contributed by atoms with Gasteiger partial charge in [-0.05, 0) is 39.6 Å². The molecule has 18 heavy (non-hydrogen) atoms. The van der Waals surface area contributed by atoms with Crippen LogP contribution in [0.25, 0.3) is 0 Å². The van der Waals surface area contributed by atoms with Gasteiger partial charge >= 0.3 is 0 Å². The molecule has 0 aliphatic heterocycles. The van der Waals surface area contributed by atoms with E-state index in [9.17, 15) is 8.42 Å². The van der Waals surface area contributed by atoms with Crippen LogP contribution in [0.15, 0.2) is 10.3 Å². The van der Waals surface area contributed by atoms with Crippen molar-refractivity contribution in [2.24, 2.45) is 5.73 Å². The van der Waals surface area contributed by atoms with Crippen LogP contribution in [0.5, 0.6) is 0 Å². The van der Waals surface area contributed by atoms with E-state index < -0.39 is 10.0 Å². The summed E-state index contributed by atoms with van der Waals surface area (Å²) in [5.41, 5.74) is 6.50. The number of nitrogens with zero attached hydrogens (tertiary/aromatic N) is 1. The van der Waals surface area contributed by atoms with Crippen molar-refractivity contribution >= 4 is 21.4 Å². The molecular weight excluding hydrogens is 270 g/mol. The number of likely N-dealkylation sites (N-methyl/N-ethyl adjacent to an activating group) is 1. The second kappa shape index (κ2) is 6.12. The number of thiophene rings is 1. The van der Waals surface area contributed by atoms with Crippen LogP contribution in [0.1, 0.15) is 17.4 Å². The van der Waals surface area contributed by atoms with E-state index in [1.54, 1.807) is 6.07 Å². The van der Waals surface area contributed by atoms with Crippen molar-refractivity contribution in [3.63, 3.8) is 0 Å². The van der Waals surface area contributed by atoms with Crippen molar-refractivity contribution in [2.75, 3.05) is 20.6 Å². The van der Waals surface area contributed by atoms with Crippen molar-refractivity contribution in [1.29, 1.82) is 0 Å². The zero-order valence-electron chi connectivity index (χ0n) is 11.2. The number of nitrogens with one attached hydrogen (secondary N) is 1. The van der Waals surface area contributed by atoms with Crippen molar-refractivity contribution in [1.82, 2.24) is 9.62 Å². The van der Waals surface area contributed by atoms with Crippen LogP contribution in [0, 0.1) is 6.92 Å². The Morgan fingerprint density at radius 2 is 2.11 bits per heavy atom. The van der Waals surface area contributed by atoms with Crippen LogP contribution >= 0.6 is 11.3 Å². The van der Waals surface area contributed by atoms with Crippen molar-refractivity contribution < 1.29 is 8.42 Å². The van der Waals surface area contributed by atoms with E-state index in [0.717, 1.165) is 10.4 Å². The first-order valence-electron chi connectivity index (χ1n) is 5.72. The fraction of sp³-hybridized carbons (Fsp3) is 0.636. The highest BCUT2D eigenvalue weighted by Crippen LogP contribution is 2.25. The molecule has 0 aliphatic rings. The van der Waals surface area contributed by atoms with Gasteiger partial charge < -0.3 is 10.6 Å². The molecule has 1 aromatic heterocycles. The minimum atomic E-state index is -3.43. The molecule has 0 bridgehead atoms. The maximum absolute atomic E-state index is 12.1. The average Bonchev–Trinajstić information content (AvgIpc) is 2.57. The van der Waals surface area contributed by atoms with Crippen LogP contribution < -0.4 is 10.5 Å². The van der Waals surface area contributed by atoms with Crippen molar-refractivity contribution in [3.05, 3.63) is 16.5 Å². The van der Waals surface area contributed by atoms with Crippen LogP contribution in [0.4, 0.5) is 0 Å². The van der Waals surface area contributed by atoms with Gasteiger partial charge in [0.15, 0.2) is 0 Å². The predicted molar refractivity (Wildman–Crippen MR) is 75.3 cm³/mol. The lowest BCUT2D eigenvalue weighted by Gasteiger charge is -2.17. The Labute approximate surface area is 113 Å². The summed E-state index contributed by atoms with van der Waals surface area (Å²) in [6.45, 7) is 4.76. The number of nitrogens with two attached hydrogens (primary N) is 1. The summed E-state index contributed by atoms with van der Waals surface area (Å²) in [6, 6.07) is 1.55. The van der Waals surface area contributed by atoms with Crippen LogP contribution in [0.3, 0.4) is 0 Å². The minimum absolute atomic E-state index is 0.131. The van der Waals surface area contributed by atoms with E-state index in [-0.39, 0.29) is 6.04 Å². The Morgan fingerprint density at radius 1 is 1.50 bits per heavy atom. The largest absolute Gasteiger partial charge is 0.326 e. The third-order valence-electron chi connectivity index (χ3n) is 2.44. The number of aryl methyl sites for hydroxylation is 1. The van der Waals surface area contributed by atoms with E-state index >= 15 is 0 Å². The van der Waals surface area contributed by atoms with E-state index in [2.05, 4.69) is 4.72 Å². The molecule has 1 unspecified atom stereocenters. The van der Waals surface area contributed by atoms with Gasteiger partial charge in [-0.2, -0.15) is 0 Å². The third-order valence-corrected chi connectivity index (χ3v) is 5.77. The van der Waals surface area contributed by atoms with Gasteiger partial charge in [0, 0.05) is 24.0 Å². The van der Waals surface area contributed by atoms with Gasteiger partial charge in [0.05, 0.1) is 0 Å². The zero-order valence-corrected chi connectivity index (χ0v) is 12.9. The highest BCUT2D eigenvalue weighted by Gasteiger charge is 2.21. The Kier molecular flexibility index (Phi) is 5.30. The van der Waals surface area contributed by atoms with Crippen molar-refractivity contribution in [2.45, 2.75) is 30.6 Å². The van der Waals surface area contributed by atoms with Crippen molar-refractivity contribution in [3.8, 4) is 0 Å². The molecule has 1 rings (SSSR count). The van der Waals surface area contributed by atoms with E-state index in [1.807, 2.05) is 32.8 Å². The molecule has 5 nitrogen and oxygen atoms in total. The first-order chi connectivity index (χ1) is 8.26. The van der Waals surface area contributed by atoms with Gasteiger partial charge in [-0.25, -0.2) is 13.1 Å². The molecule has 1 aromatic rings. The SMILES string of the molecule is Cc1cc(S(=O)(=O)NC(C)CN(C)C)sc1CN. The maximum Gasteiger partial charge on any atom is 0.250 e. The number of hydrogen-bond acceptors (Lipinski definition) is 5. The normalized spacial score (nSPS) is 14.1. The Bertz CT molecular complexity index is 494. The van der Waals surface area contributed by atoms with Gasteiger partial charge in [0.1, 0.15) is 4.21 Å². The van der Waals surface area contributed by atoms with E-state index in [4.69, 9.17) is 5.73 Å². The Balaban J connectivity index is 2.86. The molecule has 0 radical (unpaired) electrons. The molecule has 0 saturated heterocycles. The second-order valence-electron chi connectivity index (χ2n) is 4.66. The Hall–Kier alpha value is -0.470. The number of rotatable bonds is 6. The number of sulfonamides is 1. The maximum atomic E-state index is 12.1. The summed E-state index contributed by atoms with van der Waals surface area (Å²) in [6.07, 6.45) is 0. The smallest absolute Gasteiger partial charge is 0.250 e. The van der Waals surface area contributed by atoms with Gasteiger partial charge in [-0.1, -0.05) is 0 Å². The highest BCUT2D eigenvalue weighted by atomic mass is 32.2. The summed E-state index contributed by atoms with van der Waals surface area (Å²) < 4.78 is 27.3. The summed E-state index contributed by atoms with van der Waals surface area (Å²) in [4.78, 5) is 2.86. The van der Waals surface area contributed by atoms with Crippen LogP contribution in [-0.2, 0) is 16.6 Å². The molecule has 3 N–H and O–H groups in total. The lowest BCUT2D eigenvalue weighted by Crippen LogP contribution is -2.39. The summed E-state index contributed by atoms with van der Waals surface area (Å²) in [5, 5.41) is 0. The summed E-state index contributed by atoms with van der Waals surface area (Å²) in [5.74, 6) is 0. The molecule has 1 heterocycles. The third kappa shape index (κ3) is 4.03. The van der Waals surface area contributed by atoms with E-state index in [1.165, 1.54) is 11.3 Å². The predicted octanol–water partition coefficient (Wildman–Crippen LogP) is 0.744. The molecule has 0 amide bonds. The monoisotopic (exact) mass is 291 g/mol. The van der Waals surface area contributed by atoms with Crippen LogP contribution in [0.2, 0.25) is 0 Å². The molecule has 7 heteroatoms. The highest BCUT2D eigenvalue weighted by molar-refractivity contribution is 7.91. The minimum Gasteiger partial charge on any atom is -0.326 e. The standard InChI is InChI=1S/C11H21N3O2S2/c1-8-5-11(17-10(8)6-12)18(15,16)13-9(2)7-14(3)4/h5,9,13H,6-7,12H2,1-4H3. The fourth-order valence-corrected chi connectivity index (χ4v) is 4.45. The molecule has 0 spiro atoms. The molecule has 0 saturated carbocycles. The van der Waals surface area contributed by atoms with Gasteiger partial charge in [-0.3, -0.25) is 0 Å². The molecule has 1 atom stereocenters. The molecule has 0 aliphatic carbocycles. The lowest BCUT2D eigenvalue weighted by molar-refractivity contribution is 0.370. The second-order valence-corrected chi connectivity index (χ2v) is 7.74. The number of hydrogen-bond donors (Lipinski definition) is 2. The van der Waals surface area contributed by atoms with Gasteiger partial charge in [0.2, 0.25) is 10.0 Å². The van der Waals surface area contributed by atoms with Gasteiger partial charge in [-0.15, -0.1) is 11.3 Å². The average molecular weight is 291 g/mol. The van der Waals surface area contributed by atoms with Crippen LogP contribution in [-0.4, -0.2) is 40.0 Å². The first kappa shape index (κ1) is 15.6. The zero-order chi connectivity index (χ0) is 13.9. The summed E-state index contributed by atoms with van der Waals surface area (Å²) in [7, 11) is 0.388. The lowest BCUT2D eigenvalue weighted by atomic mass is 10.3.